The van der Waals surface area contributed by atoms with Gasteiger partial charge in [-0.25, -0.2) is 4.99 Å². The summed E-state index contributed by atoms with van der Waals surface area (Å²) in [5.74, 6) is 0.621. The molecule has 0 spiro atoms. The van der Waals surface area contributed by atoms with Crippen molar-refractivity contribution in [3.63, 3.8) is 0 Å². The molecule has 1 fully saturated rings. The number of thioether (sulfide) groups is 1. The highest BCUT2D eigenvalue weighted by Crippen LogP contribution is 2.28. The van der Waals surface area contributed by atoms with Crippen molar-refractivity contribution in [3.8, 4) is 5.75 Å². The zero-order valence-electron chi connectivity index (χ0n) is 17.0. The first-order valence-electron chi connectivity index (χ1n) is 9.95. The van der Waals surface area contributed by atoms with E-state index < -0.39 is 0 Å². The highest BCUT2D eigenvalue weighted by atomic mass is 35.5. The molecular formula is C25H21ClN2O2S. The lowest BCUT2D eigenvalue weighted by atomic mass is 10.2. The number of aryl methyl sites for hydroxylation is 1. The van der Waals surface area contributed by atoms with Crippen LogP contribution in [0.1, 0.15) is 23.6 Å². The molecule has 1 saturated heterocycles. The minimum atomic E-state index is -0.142. The number of ether oxygens (including phenoxy) is 1. The fourth-order valence-electron chi connectivity index (χ4n) is 2.96. The van der Waals surface area contributed by atoms with E-state index in [9.17, 15) is 4.79 Å². The average Bonchev–Trinajstić information content (AvgIpc) is 3.13. The number of benzene rings is 3. The van der Waals surface area contributed by atoms with E-state index in [1.54, 1.807) is 0 Å². The molecule has 0 radical (unpaired) electrons. The van der Waals surface area contributed by atoms with Crippen molar-refractivity contribution in [1.29, 1.82) is 0 Å². The number of carbonyl (C=O) groups is 1. The van der Waals surface area contributed by atoms with Gasteiger partial charge in [0.1, 0.15) is 12.4 Å². The van der Waals surface area contributed by atoms with Crippen molar-refractivity contribution >= 4 is 46.2 Å². The molecule has 31 heavy (non-hydrogen) atoms. The van der Waals surface area contributed by atoms with Gasteiger partial charge in [0.25, 0.3) is 5.91 Å². The minimum absolute atomic E-state index is 0.142. The van der Waals surface area contributed by atoms with Crippen molar-refractivity contribution in [1.82, 2.24) is 5.32 Å². The van der Waals surface area contributed by atoms with Gasteiger partial charge in [-0.05, 0) is 77.3 Å². The summed E-state index contributed by atoms with van der Waals surface area (Å²) in [6.45, 7) is 2.58. The molecule has 0 bridgehead atoms. The predicted octanol–water partition coefficient (Wildman–Crippen LogP) is 6.37. The zero-order chi connectivity index (χ0) is 21.6. The van der Waals surface area contributed by atoms with Crippen LogP contribution in [0.25, 0.3) is 6.08 Å². The van der Waals surface area contributed by atoms with Gasteiger partial charge in [-0.1, -0.05) is 54.9 Å². The van der Waals surface area contributed by atoms with Crippen molar-refractivity contribution < 1.29 is 9.53 Å². The molecule has 4 rings (SSSR count). The molecule has 156 valence electrons. The molecule has 0 atom stereocenters. The first kappa shape index (κ1) is 21.2. The maximum atomic E-state index is 12.3. The number of hydrogen-bond donors (Lipinski definition) is 1. The summed E-state index contributed by atoms with van der Waals surface area (Å²) in [6, 6.07) is 23.2. The second-order valence-electron chi connectivity index (χ2n) is 6.99. The molecule has 1 aliphatic heterocycles. The SMILES string of the molecule is CCc1ccc(N=C2NC(=O)/C(=C/c3ccc(OCc4ccc(Cl)cc4)cc3)S2)cc1. The van der Waals surface area contributed by atoms with Crippen molar-refractivity contribution in [2.75, 3.05) is 0 Å². The van der Waals surface area contributed by atoms with Crippen LogP contribution in [0, 0.1) is 0 Å². The van der Waals surface area contributed by atoms with Crippen LogP contribution < -0.4 is 10.1 Å². The first-order chi connectivity index (χ1) is 15.1. The fraction of sp³-hybridized carbons (Fsp3) is 0.120. The number of carbonyl (C=O) groups excluding carboxylic acids is 1. The van der Waals surface area contributed by atoms with E-state index in [1.165, 1.54) is 17.3 Å². The largest absolute Gasteiger partial charge is 0.489 e. The molecule has 1 heterocycles. The van der Waals surface area contributed by atoms with E-state index in [0.29, 0.717) is 21.7 Å². The van der Waals surface area contributed by atoms with Gasteiger partial charge < -0.3 is 10.1 Å². The Morgan fingerprint density at radius 2 is 1.65 bits per heavy atom. The van der Waals surface area contributed by atoms with E-state index in [1.807, 2.05) is 78.9 Å². The minimum Gasteiger partial charge on any atom is -0.489 e. The zero-order valence-corrected chi connectivity index (χ0v) is 18.5. The lowest BCUT2D eigenvalue weighted by Gasteiger charge is -2.06. The number of aliphatic imine (C=N–C) groups is 1. The number of amidine groups is 1. The molecule has 3 aromatic carbocycles. The van der Waals surface area contributed by atoms with Gasteiger partial charge in [0.15, 0.2) is 5.17 Å². The molecule has 1 amide bonds. The Hall–Kier alpha value is -3.02. The van der Waals surface area contributed by atoms with Gasteiger partial charge in [-0.15, -0.1) is 0 Å². The number of hydrogen-bond acceptors (Lipinski definition) is 4. The van der Waals surface area contributed by atoms with E-state index in [0.717, 1.165) is 29.0 Å². The van der Waals surface area contributed by atoms with Crippen molar-refractivity contribution in [3.05, 3.63) is 99.4 Å². The predicted molar refractivity (Wildman–Crippen MR) is 129 cm³/mol. The number of halogens is 1. The second kappa shape index (κ2) is 9.86. The van der Waals surface area contributed by atoms with Crippen LogP contribution in [0.2, 0.25) is 5.02 Å². The highest BCUT2D eigenvalue weighted by molar-refractivity contribution is 8.18. The lowest BCUT2D eigenvalue weighted by Crippen LogP contribution is -2.19. The van der Waals surface area contributed by atoms with E-state index in [4.69, 9.17) is 16.3 Å². The monoisotopic (exact) mass is 448 g/mol. The number of rotatable bonds is 6. The summed E-state index contributed by atoms with van der Waals surface area (Å²) < 4.78 is 5.81. The molecule has 1 N–H and O–H groups in total. The standard InChI is InChI=1S/C25H21ClN2O2S/c1-2-17-5-11-21(12-6-17)27-25-28-24(29)23(31-25)15-18-7-13-22(14-8-18)30-16-19-3-9-20(26)10-4-19/h3-15H,2,16H2,1H3,(H,27,28,29)/b23-15-. The Morgan fingerprint density at radius 1 is 0.968 bits per heavy atom. The molecule has 4 nitrogen and oxygen atoms in total. The Bertz CT molecular complexity index is 1120. The molecular weight excluding hydrogens is 428 g/mol. The Balaban J connectivity index is 1.39. The van der Waals surface area contributed by atoms with Gasteiger partial charge >= 0.3 is 0 Å². The van der Waals surface area contributed by atoms with Crippen LogP contribution in [0.15, 0.2) is 82.7 Å². The Kier molecular flexibility index (Phi) is 6.75. The van der Waals surface area contributed by atoms with Gasteiger partial charge in [0, 0.05) is 5.02 Å². The summed E-state index contributed by atoms with van der Waals surface area (Å²) in [6.07, 6.45) is 2.84. The lowest BCUT2D eigenvalue weighted by molar-refractivity contribution is -0.115. The Labute approximate surface area is 191 Å². The number of nitrogens with one attached hydrogen (secondary N) is 1. The summed E-state index contributed by atoms with van der Waals surface area (Å²) in [4.78, 5) is 17.5. The maximum absolute atomic E-state index is 12.3. The second-order valence-corrected chi connectivity index (χ2v) is 8.45. The molecule has 0 aliphatic carbocycles. The molecule has 1 aliphatic rings. The van der Waals surface area contributed by atoms with E-state index in [-0.39, 0.29) is 5.91 Å². The first-order valence-corrected chi connectivity index (χ1v) is 11.1. The van der Waals surface area contributed by atoms with Crippen LogP contribution in [0.4, 0.5) is 5.69 Å². The third kappa shape index (κ3) is 5.78. The van der Waals surface area contributed by atoms with Gasteiger partial charge in [0.05, 0.1) is 10.6 Å². The quantitative estimate of drug-likeness (QED) is 0.445. The van der Waals surface area contributed by atoms with Gasteiger partial charge in [-0.2, -0.15) is 0 Å². The highest BCUT2D eigenvalue weighted by Gasteiger charge is 2.23. The van der Waals surface area contributed by atoms with Gasteiger partial charge in [0.2, 0.25) is 0 Å². The smallest absolute Gasteiger partial charge is 0.264 e. The summed E-state index contributed by atoms with van der Waals surface area (Å²) in [7, 11) is 0. The molecule has 0 unspecified atom stereocenters. The summed E-state index contributed by atoms with van der Waals surface area (Å²) in [5.41, 5.74) is 4.05. The van der Waals surface area contributed by atoms with Crippen LogP contribution in [0.3, 0.4) is 0 Å². The average molecular weight is 449 g/mol. The van der Waals surface area contributed by atoms with E-state index >= 15 is 0 Å². The summed E-state index contributed by atoms with van der Waals surface area (Å²) >= 11 is 7.24. The number of amides is 1. The van der Waals surface area contributed by atoms with Crippen LogP contribution in [-0.2, 0) is 17.8 Å². The Morgan fingerprint density at radius 3 is 2.32 bits per heavy atom. The normalized spacial score (nSPS) is 16.0. The van der Waals surface area contributed by atoms with E-state index in [2.05, 4.69) is 17.2 Å². The topological polar surface area (TPSA) is 50.7 Å². The third-order valence-corrected chi connectivity index (χ3v) is 5.88. The molecule has 0 saturated carbocycles. The fourth-order valence-corrected chi connectivity index (χ4v) is 3.93. The molecule has 0 aromatic heterocycles. The number of nitrogens with zero attached hydrogens (tertiary/aromatic N) is 1. The molecule has 6 heteroatoms. The van der Waals surface area contributed by atoms with Gasteiger partial charge in [-0.3, -0.25) is 4.79 Å². The van der Waals surface area contributed by atoms with Crippen LogP contribution >= 0.6 is 23.4 Å². The molecule has 3 aromatic rings. The van der Waals surface area contributed by atoms with Crippen molar-refractivity contribution in [2.45, 2.75) is 20.0 Å². The van der Waals surface area contributed by atoms with Crippen molar-refractivity contribution in [2.24, 2.45) is 4.99 Å². The summed E-state index contributed by atoms with van der Waals surface area (Å²) in [5, 5.41) is 4.12. The maximum Gasteiger partial charge on any atom is 0.264 e. The third-order valence-electron chi connectivity index (χ3n) is 4.72. The van der Waals surface area contributed by atoms with Crippen LogP contribution in [-0.4, -0.2) is 11.1 Å². The van der Waals surface area contributed by atoms with Crippen LogP contribution in [0.5, 0.6) is 5.75 Å².